The summed E-state index contributed by atoms with van der Waals surface area (Å²) in [5.41, 5.74) is 6.27. The lowest BCUT2D eigenvalue weighted by atomic mass is 10.00. The largest absolute Gasteiger partial charge is 0.508 e. The molecule has 11 heteroatoms. The van der Waals surface area contributed by atoms with Gasteiger partial charge in [-0.05, 0) is 37.5 Å². The van der Waals surface area contributed by atoms with E-state index in [1.807, 2.05) is 0 Å². The minimum atomic E-state index is -1.27. The molecular formula is C21H32N4O7. The fourth-order valence-electron chi connectivity index (χ4n) is 2.72. The molecule has 0 aromatic heterocycles. The number of nitrogens with two attached hydrogens (primary N) is 1. The van der Waals surface area contributed by atoms with Crippen molar-refractivity contribution in [3.8, 4) is 5.75 Å². The lowest BCUT2D eigenvalue weighted by molar-refractivity contribution is -0.142. The van der Waals surface area contributed by atoms with Crippen LogP contribution >= 0.6 is 0 Å². The number of aromatic hydroxyl groups is 1. The second-order valence-corrected chi connectivity index (χ2v) is 8.00. The lowest BCUT2D eigenvalue weighted by Crippen LogP contribution is -2.59. The maximum absolute atomic E-state index is 13.0. The minimum Gasteiger partial charge on any atom is -0.508 e. The van der Waals surface area contributed by atoms with Gasteiger partial charge in [-0.2, -0.15) is 0 Å². The number of phenolic OH excluding ortho intramolecular Hbond substituents is 1. The van der Waals surface area contributed by atoms with Crippen molar-refractivity contribution in [2.24, 2.45) is 11.7 Å². The first-order valence-electron chi connectivity index (χ1n) is 10.2. The van der Waals surface area contributed by atoms with Gasteiger partial charge in [0.1, 0.15) is 29.9 Å². The molecule has 1 aromatic carbocycles. The van der Waals surface area contributed by atoms with Crippen LogP contribution in [-0.4, -0.2) is 69.3 Å². The van der Waals surface area contributed by atoms with Crippen molar-refractivity contribution in [3.05, 3.63) is 29.8 Å². The van der Waals surface area contributed by atoms with E-state index in [9.17, 15) is 29.4 Å². The summed E-state index contributed by atoms with van der Waals surface area (Å²) in [5.74, 6) is -3.72. The van der Waals surface area contributed by atoms with Crippen LogP contribution < -0.4 is 21.7 Å². The Bertz CT molecular complexity index is 811. The summed E-state index contributed by atoms with van der Waals surface area (Å²) < 4.78 is 0. The molecule has 0 aliphatic rings. The van der Waals surface area contributed by atoms with Crippen molar-refractivity contribution in [1.82, 2.24) is 16.0 Å². The molecule has 0 saturated carbocycles. The number of hydrogen-bond donors (Lipinski definition) is 7. The average Bonchev–Trinajstić information content (AvgIpc) is 2.71. The van der Waals surface area contributed by atoms with E-state index < -0.39 is 54.0 Å². The highest BCUT2D eigenvalue weighted by Gasteiger charge is 2.31. The fraction of sp³-hybridized carbons (Fsp3) is 0.524. The van der Waals surface area contributed by atoms with Gasteiger partial charge in [-0.1, -0.05) is 26.0 Å². The molecule has 0 aliphatic heterocycles. The van der Waals surface area contributed by atoms with Crippen LogP contribution in [0.4, 0.5) is 0 Å². The standard InChI is InChI=1S/C21H32N4O7/c1-10(2)17(20(30)23-11(3)21(31)32)25-18(28)15(24-19(29)16(22)12(4)26)9-13-5-7-14(27)8-6-13/h5-8,10-12,15-17,26-27H,9,22H2,1-4H3,(H,23,30)(H,24,29)(H,25,28)(H,31,32). The normalized spacial score (nSPS) is 15.7. The lowest BCUT2D eigenvalue weighted by Gasteiger charge is -2.27. The van der Waals surface area contributed by atoms with E-state index in [2.05, 4.69) is 16.0 Å². The summed E-state index contributed by atoms with van der Waals surface area (Å²) in [7, 11) is 0. The van der Waals surface area contributed by atoms with E-state index in [1.54, 1.807) is 26.0 Å². The highest BCUT2D eigenvalue weighted by Crippen LogP contribution is 2.12. The topological polar surface area (TPSA) is 191 Å². The number of aliphatic hydroxyl groups is 1. The Morgan fingerprint density at radius 3 is 1.94 bits per heavy atom. The first-order valence-corrected chi connectivity index (χ1v) is 10.2. The molecule has 0 fully saturated rings. The van der Waals surface area contributed by atoms with Crippen molar-refractivity contribution in [1.29, 1.82) is 0 Å². The average molecular weight is 453 g/mol. The number of carboxylic acids is 1. The van der Waals surface area contributed by atoms with Crippen LogP contribution in [0.15, 0.2) is 24.3 Å². The summed E-state index contributed by atoms with van der Waals surface area (Å²) in [5, 5.41) is 35.4. The molecule has 1 aromatic rings. The Balaban J connectivity index is 3.07. The van der Waals surface area contributed by atoms with Gasteiger partial charge < -0.3 is 37.0 Å². The zero-order valence-electron chi connectivity index (χ0n) is 18.5. The number of nitrogens with one attached hydrogen (secondary N) is 3. The highest BCUT2D eigenvalue weighted by molar-refractivity contribution is 5.94. The fourth-order valence-corrected chi connectivity index (χ4v) is 2.72. The van der Waals surface area contributed by atoms with Crippen LogP contribution in [0.25, 0.3) is 0 Å². The molecule has 0 spiro atoms. The number of aliphatic carboxylic acids is 1. The first kappa shape index (κ1) is 26.9. The number of carboxylic acid groups (broad SMARTS) is 1. The molecule has 8 N–H and O–H groups in total. The van der Waals surface area contributed by atoms with Crippen LogP contribution in [-0.2, 0) is 25.6 Å². The number of carbonyl (C=O) groups excluding carboxylic acids is 3. The molecule has 0 radical (unpaired) electrons. The maximum atomic E-state index is 13.0. The highest BCUT2D eigenvalue weighted by atomic mass is 16.4. The number of amides is 3. The van der Waals surface area contributed by atoms with Gasteiger partial charge >= 0.3 is 5.97 Å². The van der Waals surface area contributed by atoms with Gasteiger partial charge in [-0.15, -0.1) is 0 Å². The number of phenols is 1. The van der Waals surface area contributed by atoms with Gasteiger partial charge in [-0.25, -0.2) is 0 Å². The third-order valence-electron chi connectivity index (χ3n) is 4.81. The minimum absolute atomic E-state index is 0.0162. The quantitative estimate of drug-likeness (QED) is 0.219. The summed E-state index contributed by atoms with van der Waals surface area (Å²) in [4.78, 5) is 48.9. The molecule has 11 nitrogen and oxygen atoms in total. The van der Waals surface area contributed by atoms with E-state index >= 15 is 0 Å². The molecule has 3 amide bonds. The van der Waals surface area contributed by atoms with Crippen LogP contribution in [0, 0.1) is 5.92 Å². The zero-order chi connectivity index (χ0) is 24.6. The number of rotatable bonds is 11. The van der Waals surface area contributed by atoms with Gasteiger partial charge in [-0.3, -0.25) is 19.2 Å². The van der Waals surface area contributed by atoms with E-state index in [4.69, 9.17) is 10.8 Å². The van der Waals surface area contributed by atoms with Crippen LogP contribution in [0.1, 0.15) is 33.3 Å². The summed E-state index contributed by atoms with van der Waals surface area (Å²) in [6.45, 7) is 5.98. The SMILES string of the molecule is CC(NC(=O)C(NC(=O)C(Cc1ccc(O)cc1)NC(=O)C(N)C(C)O)C(C)C)C(=O)O. The van der Waals surface area contributed by atoms with E-state index in [0.29, 0.717) is 5.56 Å². The number of carbonyl (C=O) groups is 4. The number of benzene rings is 1. The molecule has 5 unspecified atom stereocenters. The second-order valence-electron chi connectivity index (χ2n) is 8.00. The van der Waals surface area contributed by atoms with Gasteiger partial charge in [0.25, 0.3) is 0 Å². The zero-order valence-corrected chi connectivity index (χ0v) is 18.5. The molecule has 0 aliphatic carbocycles. The maximum Gasteiger partial charge on any atom is 0.325 e. The van der Waals surface area contributed by atoms with Crippen LogP contribution in [0.2, 0.25) is 0 Å². The third kappa shape index (κ3) is 8.16. The summed E-state index contributed by atoms with van der Waals surface area (Å²) >= 11 is 0. The van der Waals surface area contributed by atoms with E-state index in [0.717, 1.165) is 0 Å². The van der Waals surface area contributed by atoms with E-state index in [1.165, 1.54) is 26.0 Å². The van der Waals surface area contributed by atoms with Crippen LogP contribution in [0.3, 0.4) is 0 Å². The van der Waals surface area contributed by atoms with Gasteiger partial charge in [0, 0.05) is 6.42 Å². The van der Waals surface area contributed by atoms with Gasteiger partial charge in [0.05, 0.1) is 6.10 Å². The molecule has 178 valence electrons. The smallest absolute Gasteiger partial charge is 0.325 e. The molecule has 5 atom stereocenters. The third-order valence-corrected chi connectivity index (χ3v) is 4.81. The monoisotopic (exact) mass is 452 g/mol. The Hall–Kier alpha value is -3.18. The van der Waals surface area contributed by atoms with E-state index in [-0.39, 0.29) is 18.1 Å². The molecule has 0 saturated heterocycles. The molecule has 32 heavy (non-hydrogen) atoms. The predicted octanol–water partition coefficient (Wildman–Crippen LogP) is -1.14. The van der Waals surface area contributed by atoms with Crippen LogP contribution in [0.5, 0.6) is 5.75 Å². The molecule has 0 heterocycles. The predicted molar refractivity (Wildman–Crippen MR) is 115 cm³/mol. The number of aliphatic hydroxyl groups excluding tert-OH is 1. The Morgan fingerprint density at radius 1 is 0.906 bits per heavy atom. The molecule has 1 rings (SSSR count). The summed E-state index contributed by atoms with van der Waals surface area (Å²) in [6.07, 6.45) is -1.14. The van der Waals surface area contributed by atoms with Gasteiger partial charge in [0.15, 0.2) is 0 Å². The number of hydrogen-bond acceptors (Lipinski definition) is 7. The molecular weight excluding hydrogens is 420 g/mol. The van der Waals surface area contributed by atoms with Crippen molar-refractivity contribution in [2.45, 2.75) is 64.4 Å². The van der Waals surface area contributed by atoms with Crippen molar-refractivity contribution >= 4 is 23.7 Å². The molecule has 0 bridgehead atoms. The first-order chi connectivity index (χ1) is 14.8. The Labute approximate surface area is 186 Å². The Morgan fingerprint density at radius 2 is 1.47 bits per heavy atom. The second kappa shape index (κ2) is 12.0. The summed E-state index contributed by atoms with van der Waals surface area (Å²) in [6, 6.07) is 1.34. The van der Waals surface area contributed by atoms with Crippen molar-refractivity contribution in [2.75, 3.05) is 0 Å². The van der Waals surface area contributed by atoms with Crippen molar-refractivity contribution in [3.63, 3.8) is 0 Å². The Kier molecular flexibility index (Phi) is 10.1. The van der Waals surface area contributed by atoms with Gasteiger partial charge in [0.2, 0.25) is 17.7 Å². The van der Waals surface area contributed by atoms with Crippen molar-refractivity contribution < 1.29 is 34.5 Å².